The predicted molar refractivity (Wildman–Crippen MR) is 89.3 cm³/mol. The maximum Gasteiger partial charge on any atom is 0.107 e. The van der Waals surface area contributed by atoms with Crippen molar-refractivity contribution in [1.82, 2.24) is 10.3 Å². The number of aliphatic hydroxyl groups is 1. The molecule has 0 fully saturated rings. The normalized spacial score (nSPS) is 13.3. The highest BCUT2D eigenvalue weighted by Crippen LogP contribution is 2.23. The fourth-order valence-corrected chi connectivity index (χ4v) is 3.29. The summed E-state index contributed by atoms with van der Waals surface area (Å²) >= 11 is 1.69. The molecule has 0 saturated carbocycles. The van der Waals surface area contributed by atoms with Crippen LogP contribution in [0.4, 0.5) is 0 Å². The lowest BCUT2D eigenvalue weighted by Gasteiger charge is -2.26. The summed E-state index contributed by atoms with van der Waals surface area (Å²) in [6.07, 6.45) is 0.541. The third-order valence-corrected chi connectivity index (χ3v) is 4.20. The van der Waals surface area contributed by atoms with Crippen LogP contribution < -0.4 is 5.32 Å². The highest BCUT2D eigenvalue weighted by atomic mass is 32.1. The Kier molecular flexibility index (Phi) is 5.51. The number of nitrogens with one attached hydrogen (secondary N) is 1. The molecule has 1 heterocycles. The first-order valence-electron chi connectivity index (χ1n) is 7.35. The molecule has 21 heavy (non-hydrogen) atoms. The molecule has 0 spiro atoms. The van der Waals surface area contributed by atoms with E-state index < -0.39 is 0 Å². The smallest absolute Gasteiger partial charge is 0.107 e. The molecule has 0 saturated heterocycles. The number of thiazole rings is 1. The summed E-state index contributed by atoms with van der Waals surface area (Å²) in [7, 11) is 0. The maximum absolute atomic E-state index is 9.50. The minimum atomic E-state index is -0.258. The van der Waals surface area contributed by atoms with Crippen LogP contribution in [0.1, 0.15) is 32.2 Å². The molecule has 0 radical (unpaired) electrons. The summed E-state index contributed by atoms with van der Waals surface area (Å²) in [6, 6.07) is 10.2. The topological polar surface area (TPSA) is 45.1 Å². The fourth-order valence-electron chi connectivity index (χ4n) is 2.51. The molecular weight excluding hydrogens is 280 g/mol. The third kappa shape index (κ3) is 5.23. The molecule has 1 aromatic heterocycles. The molecule has 0 aliphatic heterocycles. The van der Waals surface area contributed by atoms with E-state index in [2.05, 4.69) is 41.7 Å². The Balaban J connectivity index is 1.86. The van der Waals surface area contributed by atoms with Crippen LogP contribution in [0.15, 0.2) is 35.7 Å². The van der Waals surface area contributed by atoms with Crippen molar-refractivity contribution in [3.05, 3.63) is 40.7 Å². The monoisotopic (exact) mass is 304 g/mol. The van der Waals surface area contributed by atoms with Gasteiger partial charge in [-0.3, -0.25) is 0 Å². The molecule has 0 aliphatic rings. The highest BCUT2D eigenvalue weighted by Gasteiger charge is 2.19. The molecular formula is C17H24N2OS. The molecule has 3 nitrogen and oxygen atoms in total. The summed E-state index contributed by atoms with van der Waals surface area (Å²) < 4.78 is 0. The van der Waals surface area contributed by atoms with Crippen molar-refractivity contribution in [1.29, 1.82) is 0 Å². The van der Waals surface area contributed by atoms with Gasteiger partial charge in [0.1, 0.15) is 5.01 Å². The molecule has 0 aliphatic carbocycles. The van der Waals surface area contributed by atoms with Crippen LogP contribution >= 0.6 is 11.3 Å². The zero-order valence-corrected chi connectivity index (χ0v) is 13.8. The summed E-state index contributed by atoms with van der Waals surface area (Å²) in [5, 5.41) is 16.1. The van der Waals surface area contributed by atoms with Gasteiger partial charge in [-0.2, -0.15) is 0 Å². The van der Waals surface area contributed by atoms with E-state index in [-0.39, 0.29) is 11.5 Å². The zero-order valence-electron chi connectivity index (χ0n) is 13.0. The number of aromatic nitrogens is 1. The lowest BCUT2D eigenvalue weighted by atomic mass is 9.87. The minimum absolute atomic E-state index is 0.0910. The number of benzene rings is 1. The van der Waals surface area contributed by atoms with Crippen LogP contribution in [0, 0.1) is 5.41 Å². The first kappa shape index (κ1) is 16.1. The maximum atomic E-state index is 9.50. The van der Waals surface area contributed by atoms with Gasteiger partial charge in [-0.1, -0.05) is 44.2 Å². The number of aliphatic hydroxyl groups excluding tert-OH is 1. The van der Waals surface area contributed by atoms with Gasteiger partial charge >= 0.3 is 0 Å². The molecule has 2 rings (SSSR count). The summed E-state index contributed by atoms with van der Waals surface area (Å²) in [5.41, 5.74) is 2.29. The van der Waals surface area contributed by atoms with Gasteiger partial charge in [-0.05, 0) is 18.8 Å². The van der Waals surface area contributed by atoms with E-state index in [1.165, 1.54) is 0 Å². The van der Waals surface area contributed by atoms with Crippen molar-refractivity contribution in [2.45, 2.75) is 39.8 Å². The van der Waals surface area contributed by atoms with Crippen molar-refractivity contribution < 1.29 is 5.11 Å². The Bertz CT molecular complexity index is 549. The Labute approximate surface area is 131 Å². The van der Waals surface area contributed by atoms with Crippen LogP contribution in [-0.4, -0.2) is 22.7 Å². The van der Waals surface area contributed by atoms with E-state index in [0.29, 0.717) is 0 Å². The Morgan fingerprint density at radius 3 is 2.67 bits per heavy atom. The van der Waals surface area contributed by atoms with Gasteiger partial charge < -0.3 is 10.4 Å². The van der Waals surface area contributed by atoms with Gasteiger partial charge in [0, 0.05) is 24.0 Å². The molecule has 114 valence electrons. The van der Waals surface area contributed by atoms with E-state index >= 15 is 0 Å². The van der Waals surface area contributed by atoms with Crippen molar-refractivity contribution >= 4 is 11.3 Å². The van der Waals surface area contributed by atoms with E-state index in [0.717, 1.165) is 35.8 Å². The second-order valence-electron chi connectivity index (χ2n) is 6.31. The van der Waals surface area contributed by atoms with E-state index in [9.17, 15) is 5.11 Å². The highest BCUT2D eigenvalue weighted by molar-refractivity contribution is 7.09. The van der Waals surface area contributed by atoms with Crippen LogP contribution in [0.25, 0.3) is 11.3 Å². The first-order valence-corrected chi connectivity index (χ1v) is 8.23. The average molecular weight is 304 g/mol. The zero-order chi connectivity index (χ0) is 15.3. The second-order valence-corrected chi connectivity index (χ2v) is 7.26. The van der Waals surface area contributed by atoms with Gasteiger partial charge in [-0.15, -0.1) is 11.3 Å². The Morgan fingerprint density at radius 1 is 1.29 bits per heavy atom. The lowest BCUT2D eigenvalue weighted by Crippen LogP contribution is -2.31. The lowest BCUT2D eigenvalue weighted by molar-refractivity contribution is 0.128. The molecule has 2 N–H and O–H groups in total. The number of rotatable bonds is 7. The van der Waals surface area contributed by atoms with Gasteiger partial charge in [-0.25, -0.2) is 4.98 Å². The molecule has 1 atom stereocenters. The summed E-state index contributed by atoms with van der Waals surface area (Å²) in [5.74, 6) is 0. The average Bonchev–Trinajstić information content (AvgIpc) is 2.87. The van der Waals surface area contributed by atoms with Gasteiger partial charge in [0.25, 0.3) is 0 Å². The van der Waals surface area contributed by atoms with E-state index in [1.807, 2.05) is 25.1 Å². The Morgan fingerprint density at radius 2 is 2.00 bits per heavy atom. The standard InChI is InChI=1S/C17H24N2OS/c1-13(20)9-17(2,3)12-18-10-16-19-15(11-21-16)14-7-5-4-6-8-14/h4-8,11,13,18,20H,9-10,12H2,1-3H3. The molecule has 0 amide bonds. The van der Waals surface area contributed by atoms with Crippen molar-refractivity contribution in [2.24, 2.45) is 5.41 Å². The van der Waals surface area contributed by atoms with Crippen molar-refractivity contribution in [3.63, 3.8) is 0 Å². The van der Waals surface area contributed by atoms with Crippen LogP contribution in [-0.2, 0) is 6.54 Å². The molecule has 2 aromatic rings. The van der Waals surface area contributed by atoms with Gasteiger partial charge in [0.05, 0.1) is 11.8 Å². The largest absolute Gasteiger partial charge is 0.393 e. The van der Waals surface area contributed by atoms with Crippen LogP contribution in [0.2, 0.25) is 0 Å². The predicted octanol–water partition coefficient (Wildman–Crippen LogP) is 3.70. The minimum Gasteiger partial charge on any atom is -0.393 e. The molecule has 1 unspecified atom stereocenters. The number of hydrogen-bond donors (Lipinski definition) is 2. The van der Waals surface area contributed by atoms with E-state index in [4.69, 9.17) is 0 Å². The quantitative estimate of drug-likeness (QED) is 0.820. The van der Waals surface area contributed by atoms with Gasteiger partial charge in [0.2, 0.25) is 0 Å². The fraction of sp³-hybridized carbons (Fsp3) is 0.471. The van der Waals surface area contributed by atoms with E-state index in [1.54, 1.807) is 11.3 Å². The summed E-state index contributed by atoms with van der Waals surface area (Å²) in [6.45, 7) is 7.83. The number of hydrogen-bond acceptors (Lipinski definition) is 4. The Hall–Kier alpha value is -1.23. The molecule has 4 heteroatoms. The van der Waals surface area contributed by atoms with Crippen molar-refractivity contribution in [3.8, 4) is 11.3 Å². The molecule has 0 bridgehead atoms. The molecule has 1 aromatic carbocycles. The van der Waals surface area contributed by atoms with Crippen LogP contribution in [0.3, 0.4) is 0 Å². The SMILES string of the molecule is CC(O)CC(C)(C)CNCc1nc(-c2ccccc2)cs1. The van der Waals surface area contributed by atoms with Crippen molar-refractivity contribution in [2.75, 3.05) is 6.54 Å². The first-order chi connectivity index (χ1) is 9.96. The van der Waals surface area contributed by atoms with Crippen LogP contribution in [0.5, 0.6) is 0 Å². The second kappa shape index (κ2) is 7.16. The number of nitrogens with zero attached hydrogens (tertiary/aromatic N) is 1. The summed E-state index contributed by atoms with van der Waals surface area (Å²) in [4.78, 5) is 4.67. The van der Waals surface area contributed by atoms with Gasteiger partial charge in [0.15, 0.2) is 0 Å². The third-order valence-electron chi connectivity index (χ3n) is 3.35.